The van der Waals surface area contributed by atoms with Crippen LogP contribution < -0.4 is 0 Å². The Bertz CT molecular complexity index is 297. The number of likely N-dealkylation sites (tertiary alicyclic amines) is 1. The zero-order valence-electron chi connectivity index (χ0n) is 8.50. The summed E-state index contributed by atoms with van der Waals surface area (Å²) in [4.78, 5) is 3.25. The Hall–Kier alpha value is -0.410. The molecule has 2 rings (SSSR count). The summed E-state index contributed by atoms with van der Waals surface area (Å²) in [5.41, 5.74) is 0. The van der Waals surface area contributed by atoms with Gasteiger partial charge >= 0.3 is 0 Å². The van der Waals surface area contributed by atoms with Crippen LogP contribution in [0.15, 0.2) is 11.4 Å². The molecule has 78 valence electrons. The van der Waals surface area contributed by atoms with E-state index in [1.165, 1.54) is 24.2 Å². The van der Waals surface area contributed by atoms with Crippen molar-refractivity contribution in [3.8, 4) is 0 Å². The van der Waals surface area contributed by atoms with E-state index in [1.54, 1.807) is 6.07 Å². The van der Waals surface area contributed by atoms with E-state index in [1.807, 2.05) is 5.38 Å². The number of halogens is 1. The van der Waals surface area contributed by atoms with Gasteiger partial charge in [-0.05, 0) is 36.8 Å². The van der Waals surface area contributed by atoms with Crippen molar-refractivity contribution in [2.45, 2.75) is 26.3 Å². The van der Waals surface area contributed by atoms with E-state index in [-0.39, 0.29) is 5.82 Å². The van der Waals surface area contributed by atoms with Gasteiger partial charge in [-0.2, -0.15) is 0 Å². The normalized spacial score (nSPS) is 24.0. The van der Waals surface area contributed by atoms with Crippen molar-refractivity contribution in [2.24, 2.45) is 5.92 Å². The minimum Gasteiger partial charge on any atom is -0.298 e. The molecule has 1 aromatic rings. The molecule has 1 aliphatic heterocycles. The lowest BCUT2D eigenvalue weighted by Crippen LogP contribution is -2.33. The molecule has 2 heterocycles. The van der Waals surface area contributed by atoms with Crippen LogP contribution in [0.1, 0.15) is 24.6 Å². The summed E-state index contributed by atoms with van der Waals surface area (Å²) < 4.78 is 13.2. The molecule has 0 amide bonds. The molecule has 1 saturated heterocycles. The third kappa shape index (κ3) is 2.34. The van der Waals surface area contributed by atoms with Crippen molar-refractivity contribution in [2.75, 3.05) is 13.1 Å². The lowest BCUT2D eigenvalue weighted by atomic mass is 10.0. The van der Waals surface area contributed by atoms with E-state index in [0.29, 0.717) is 0 Å². The summed E-state index contributed by atoms with van der Waals surface area (Å²) in [5.74, 6) is 0.736. The highest BCUT2D eigenvalue weighted by atomic mass is 32.1. The minimum atomic E-state index is -0.0340. The topological polar surface area (TPSA) is 3.24 Å². The molecular weight excluding hydrogens is 197 g/mol. The van der Waals surface area contributed by atoms with Crippen molar-refractivity contribution in [1.29, 1.82) is 0 Å². The van der Waals surface area contributed by atoms with Crippen LogP contribution in [0.2, 0.25) is 0 Å². The van der Waals surface area contributed by atoms with Crippen molar-refractivity contribution >= 4 is 11.3 Å². The van der Waals surface area contributed by atoms with Gasteiger partial charge in [0.1, 0.15) is 5.82 Å². The molecule has 3 heteroatoms. The predicted octanol–water partition coefficient (Wildman–Crippen LogP) is 3.12. The molecule has 1 aliphatic rings. The average molecular weight is 213 g/mol. The van der Waals surface area contributed by atoms with Crippen LogP contribution in [-0.4, -0.2) is 18.0 Å². The molecule has 0 aromatic carbocycles. The summed E-state index contributed by atoms with van der Waals surface area (Å²) in [5, 5.41) is 1.83. The van der Waals surface area contributed by atoms with Crippen LogP contribution in [0.5, 0.6) is 0 Å². The number of rotatable bonds is 2. The smallest absolute Gasteiger partial charge is 0.138 e. The Morgan fingerprint density at radius 3 is 3.14 bits per heavy atom. The lowest BCUT2D eigenvalue weighted by Gasteiger charge is -2.30. The van der Waals surface area contributed by atoms with E-state index in [4.69, 9.17) is 0 Å². The highest BCUT2D eigenvalue weighted by Crippen LogP contribution is 2.21. The maximum absolute atomic E-state index is 13.2. The Balaban J connectivity index is 1.94. The summed E-state index contributed by atoms with van der Waals surface area (Å²) in [6.07, 6.45) is 2.58. The average Bonchev–Trinajstić information content (AvgIpc) is 2.52. The monoisotopic (exact) mass is 213 g/mol. The molecule has 1 fully saturated rings. The van der Waals surface area contributed by atoms with Gasteiger partial charge in [-0.3, -0.25) is 4.90 Å². The van der Waals surface area contributed by atoms with Crippen LogP contribution in [0.4, 0.5) is 4.39 Å². The Morgan fingerprint density at radius 2 is 2.50 bits per heavy atom. The van der Waals surface area contributed by atoms with E-state index in [9.17, 15) is 4.39 Å². The van der Waals surface area contributed by atoms with Gasteiger partial charge in [0.05, 0.1) is 4.88 Å². The predicted molar refractivity (Wildman–Crippen MR) is 58.0 cm³/mol. The summed E-state index contributed by atoms with van der Waals surface area (Å²) in [6, 6.07) is 1.56. The van der Waals surface area contributed by atoms with Crippen LogP contribution in [0, 0.1) is 11.7 Å². The zero-order valence-corrected chi connectivity index (χ0v) is 9.32. The van der Waals surface area contributed by atoms with Gasteiger partial charge in [0.25, 0.3) is 0 Å². The quantitative estimate of drug-likeness (QED) is 0.729. The molecule has 0 saturated carbocycles. The third-order valence-corrected chi connectivity index (χ3v) is 3.68. The second kappa shape index (κ2) is 4.41. The molecule has 1 unspecified atom stereocenters. The molecule has 0 bridgehead atoms. The van der Waals surface area contributed by atoms with E-state index in [0.717, 1.165) is 30.4 Å². The number of thiophene rings is 1. The first-order chi connectivity index (χ1) is 6.75. The Kier molecular flexibility index (Phi) is 3.19. The van der Waals surface area contributed by atoms with Gasteiger partial charge < -0.3 is 0 Å². The largest absolute Gasteiger partial charge is 0.298 e. The van der Waals surface area contributed by atoms with Crippen molar-refractivity contribution in [3.05, 3.63) is 22.1 Å². The maximum Gasteiger partial charge on any atom is 0.138 e. The molecule has 0 aliphatic carbocycles. The number of hydrogen-bond acceptors (Lipinski definition) is 2. The summed E-state index contributed by atoms with van der Waals surface area (Å²) >= 11 is 1.53. The minimum absolute atomic E-state index is 0.0340. The highest BCUT2D eigenvalue weighted by Gasteiger charge is 2.17. The Morgan fingerprint density at radius 1 is 1.64 bits per heavy atom. The summed E-state index contributed by atoms with van der Waals surface area (Å²) in [7, 11) is 0. The van der Waals surface area contributed by atoms with Gasteiger partial charge in [-0.1, -0.05) is 6.92 Å². The number of piperidine rings is 1. The van der Waals surface area contributed by atoms with Crippen LogP contribution in [0.25, 0.3) is 0 Å². The lowest BCUT2D eigenvalue weighted by molar-refractivity contribution is 0.176. The first kappa shape index (κ1) is 10.1. The molecule has 1 atom stereocenters. The molecular formula is C11H16FNS. The van der Waals surface area contributed by atoms with Crippen LogP contribution in [0.3, 0.4) is 0 Å². The standard InChI is InChI=1S/C11H16FNS/c1-9-3-2-5-13(7-9)8-11-10(12)4-6-14-11/h4,6,9H,2-3,5,7-8H2,1H3. The fraction of sp³-hybridized carbons (Fsp3) is 0.636. The van der Waals surface area contributed by atoms with Gasteiger partial charge in [0.15, 0.2) is 0 Å². The second-order valence-electron chi connectivity index (χ2n) is 4.17. The van der Waals surface area contributed by atoms with Gasteiger partial charge in [-0.15, -0.1) is 11.3 Å². The summed E-state index contributed by atoms with van der Waals surface area (Å²) in [6.45, 7) is 5.32. The molecule has 0 N–H and O–H groups in total. The second-order valence-corrected chi connectivity index (χ2v) is 5.17. The van der Waals surface area contributed by atoms with Crippen molar-refractivity contribution in [1.82, 2.24) is 4.90 Å². The number of nitrogens with zero attached hydrogens (tertiary/aromatic N) is 1. The van der Waals surface area contributed by atoms with Crippen LogP contribution in [-0.2, 0) is 6.54 Å². The van der Waals surface area contributed by atoms with Crippen LogP contribution >= 0.6 is 11.3 Å². The molecule has 1 nitrogen and oxygen atoms in total. The van der Waals surface area contributed by atoms with E-state index < -0.39 is 0 Å². The molecule has 1 aromatic heterocycles. The van der Waals surface area contributed by atoms with Crippen molar-refractivity contribution in [3.63, 3.8) is 0 Å². The fourth-order valence-corrected chi connectivity index (χ4v) is 2.86. The van der Waals surface area contributed by atoms with Gasteiger partial charge in [0, 0.05) is 13.1 Å². The third-order valence-electron chi connectivity index (χ3n) is 2.80. The maximum atomic E-state index is 13.2. The molecule has 0 radical (unpaired) electrons. The SMILES string of the molecule is CC1CCCN(Cc2sccc2F)C1. The van der Waals surface area contributed by atoms with Crippen molar-refractivity contribution < 1.29 is 4.39 Å². The van der Waals surface area contributed by atoms with E-state index >= 15 is 0 Å². The Labute approximate surface area is 88.5 Å². The van der Waals surface area contributed by atoms with E-state index in [2.05, 4.69) is 11.8 Å². The molecule has 0 spiro atoms. The van der Waals surface area contributed by atoms with Gasteiger partial charge in [-0.25, -0.2) is 4.39 Å². The first-order valence-electron chi connectivity index (χ1n) is 5.20. The number of hydrogen-bond donors (Lipinski definition) is 0. The first-order valence-corrected chi connectivity index (χ1v) is 6.08. The van der Waals surface area contributed by atoms with Gasteiger partial charge in [0.2, 0.25) is 0 Å². The highest BCUT2D eigenvalue weighted by molar-refractivity contribution is 7.09. The molecule has 14 heavy (non-hydrogen) atoms. The zero-order chi connectivity index (χ0) is 9.97. The fourth-order valence-electron chi connectivity index (χ4n) is 2.07.